The lowest BCUT2D eigenvalue weighted by atomic mass is 10.1. The van der Waals surface area contributed by atoms with Crippen LogP contribution in [0.25, 0.3) is 31.7 Å². The molecule has 0 saturated heterocycles. The van der Waals surface area contributed by atoms with Gasteiger partial charge in [0, 0.05) is 11.9 Å². The molecule has 0 aliphatic carbocycles. The highest BCUT2D eigenvalue weighted by atomic mass is 32.1. The van der Waals surface area contributed by atoms with Gasteiger partial charge in [0.05, 0.1) is 31.9 Å². The maximum atomic E-state index is 13.3. The van der Waals surface area contributed by atoms with Crippen molar-refractivity contribution >= 4 is 49.7 Å². The van der Waals surface area contributed by atoms with Gasteiger partial charge in [-0.15, -0.1) is 11.3 Å². The molecule has 3 heterocycles. The van der Waals surface area contributed by atoms with Crippen molar-refractivity contribution in [3.8, 4) is 10.6 Å². The number of nitrogens with zero attached hydrogens (tertiary/aromatic N) is 3. The first-order valence-electron chi connectivity index (χ1n) is 9.35. The Morgan fingerprint density at radius 1 is 1.07 bits per heavy atom. The number of pyridine rings is 1. The molecule has 0 fully saturated rings. The van der Waals surface area contributed by atoms with Crippen LogP contribution in [0.3, 0.4) is 0 Å². The molecule has 0 bridgehead atoms. The quantitative estimate of drug-likeness (QED) is 0.377. The Labute approximate surface area is 175 Å². The van der Waals surface area contributed by atoms with Crippen molar-refractivity contribution in [2.75, 3.05) is 0 Å². The van der Waals surface area contributed by atoms with Gasteiger partial charge >= 0.3 is 0 Å². The number of thiazole rings is 1. The summed E-state index contributed by atoms with van der Waals surface area (Å²) in [6.07, 6.45) is 0. The summed E-state index contributed by atoms with van der Waals surface area (Å²) >= 11 is 3.15. The van der Waals surface area contributed by atoms with Crippen LogP contribution in [-0.4, -0.2) is 15.5 Å². The Hall–Kier alpha value is -3.09. The van der Waals surface area contributed by atoms with E-state index in [-0.39, 0.29) is 5.91 Å². The molecule has 1 amide bonds. The second kappa shape index (κ2) is 7.39. The topological polar surface area (TPSA) is 47.2 Å². The zero-order valence-corrected chi connectivity index (χ0v) is 17.3. The molecule has 0 unspecified atom stereocenters. The van der Waals surface area contributed by atoms with Crippen LogP contribution in [0.15, 0.2) is 77.1 Å². The molecule has 0 saturated carbocycles. The number of carbonyl (C=O) groups is 1. The summed E-state index contributed by atoms with van der Waals surface area (Å²) in [4.78, 5) is 24.3. The fourth-order valence-corrected chi connectivity index (χ4v) is 5.24. The minimum atomic E-state index is -0.241. The van der Waals surface area contributed by atoms with E-state index < -0.39 is 0 Å². The third kappa shape index (κ3) is 3.20. The number of aryl methyl sites for hydroxylation is 1. The van der Waals surface area contributed by atoms with E-state index in [0.717, 1.165) is 43.0 Å². The van der Waals surface area contributed by atoms with Crippen LogP contribution in [0.1, 0.15) is 17.3 Å². The molecule has 0 spiro atoms. The predicted molar refractivity (Wildman–Crippen MR) is 120 cm³/mol. The first kappa shape index (κ1) is 18.0. The standard InChI is InChI=1S/C23H17N3OS2/c1-2-26-19-10-5-6-11-21(19)29-23(26)25-22(27)16-14-18(20-12-7-13-28-20)24-17-9-4-3-8-15(16)17/h3-14H,2H2,1H3. The fourth-order valence-electron chi connectivity index (χ4n) is 3.46. The van der Waals surface area contributed by atoms with Gasteiger partial charge < -0.3 is 4.57 Å². The van der Waals surface area contributed by atoms with Crippen LogP contribution in [0.4, 0.5) is 0 Å². The van der Waals surface area contributed by atoms with E-state index in [1.165, 1.54) is 0 Å². The van der Waals surface area contributed by atoms with E-state index >= 15 is 0 Å². The van der Waals surface area contributed by atoms with Crippen molar-refractivity contribution in [1.82, 2.24) is 9.55 Å². The summed E-state index contributed by atoms with van der Waals surface area (Å²) in [7, 11) is 0. The predicted octanol–water partition coefficient (Wildman–Crippen LogP) is 5.74. The number of para-hydroxylation sites is 2. The molecule has 4 nitrogen and oxygen atoms in total. The molecule has 2 aromatic carbocycles. The Bertz CT molecular complexity index is 1410. The lowest BCUT2D eigenvalue weighted by Gasteiger charge is -2.06. The molecule has 0 atom stereocenters. The molecule has 0 aliphatic heterocycles. The second-order valence-electron chi connectivity index (χ2n) is 6.56. The summed E-state index contributed by atoms with van der Waals surface area (Å²) in [6.45, 7) is 2.83. The molecule has 29 heavy (non-hydrogen) atoms. The smallest absolute Gasteiger partial charge is 0.280 e. The largest absolute Gasteiger partial charge is 0.317 e. The Morgan fingerprint density at radius 3 is 2.72 bits per heavy atom. The molecule has 0 aliphatic rings. The molecule has 3 aromatic heterocycles. The number of amides is 1. The summed E-state index contributed by atoms with van der Waals surface area (Å²) in [5, 5.41) is 2.84. The fraction of sp³-hybridized carbons (Fsp3) is 0.0870. The zero-order chi connectivity index (χ0) is 19.8. The second-order valence-corrected chi connectivity index (χ2v) is 8.52. The SMILES string of the molecule is CCn1c(=NC(=O)c2cc(-c3cccs3)nc3ccccc23)sc2ccccc21. The minimum absolute atomic E-state index is 0.241. The number of fused-ring (bicyclic) bond motifs is 2. The van der Waals surface area contributed by atoms with Gasteiger partial charge in [0.1, 0.15) is 0 Å². The molecular weight excluding hydrogens is 398 g/mol. The van der Waals surface area contributed by atoms with E-state index in [2.05, 4.69) is 28.6 Å². The molecular formula is C23H17N3OS2. The summed E-state index contributed by atoms with van der Waals surface area (Å²) in [6, 6.07) is 21.8. The van der Waals surface area contributed by atoms with Gasteiger partial charge in [0.2, 0.25) is 0 Å². The zero-order valence-electron chi connectivity index (χ0n) is 15.7. The average molecular weight is 416 g/mol. The van der Waals surface area contributed by atoms with E-state index in [1.54, 1.807) is 22.7 Å². The van der Waals surface area contributed by atoms with E-state index in [0.29, 0.717) is 5.56 Å². The number of hydrogen-bond donors (Lipinski definition) is 0. The van der Waals surface area contributed by atoms with E-state index in [4.69, 9.17) is 4.98 Å². The molecule has 0 N–H and O–H groups in total. The monoisotopic (exact) mass is 415 g/mol. The van der Waals surface area contributed by atoms with Crippen LogP contribution in [0.2, 0.25) is 0 Å². The van der Waals surface area contributed by atoms with Crippen LogP contribution in [0, 0.1) is 0 Å². The molecule has 142 valence electrons. The van der Waals surface area contributed by atoms with Crippen molar-refractivity contribution < 1.29 is 4.79 Å². The number of carbonyl (C=O) groups excluding carboxylic acids is 1. The first-order valence-corrected chi connectivity index (χ1v) is 11.1. The van der Waals surface area contributed by atoms with Crippen LogP contribution in [-0.2, 0) is 6.54 Å². The summed E-state index contributed by atoms with van der Waals surface area (Å²) in [5.41, 5.74) is 3.29. The first-order chi connectivity index (χ1) is 14.2. The maximum Gasteiger partial charge on any atom is 0.280 e. The Balaban J connectivity index is 1.72. The van der Waals surface area contributed by atoms with Gasteiger partial charge in [0.25, 0.3) is 5.91 Å². The highest BCUT2D eigenvalue weighted by Crippen LogP contribution is 2.28. The molecule has 0 radical (unpaired) electrons. The van der Waals surface area contributed by atoms with Crippen molar-refractivity contribution in [3.63, 3.8) is 0 Å². The van der Waals surface area contributed by atoms with Gasteiger partial charge in [-0.05, 0) is 42.6 Å². The third-order valence-corrected chi connectivity index (χ3v) is 6.77. The summed E-state index contributed by atoms with van der Waals surface area (Å²) in [5.74, 6) is -0.241. The van der Waals surface area contributed by atoms with Crippen molar-refractivity contribution in [3.05, 3.63) is 82.5 Å². The average Bonchev–Trinajstić information content (AvgIpc) is 3.40. The van der Waals surface area contributed by atoms with E-state index in [9.17, 15) is 4.79 Å². The van der Waals surface area contributed by atoms with Crippen LogP contribution in [0.5, 0.6) is 0 Å². The van der Waals surface area contributed by atoms with Gasteiger partial charge in [-0.3, -0.25) is 4.79 Å². The van der Waals surface area contributed by atoms with Crippen molar-refractivity contribution in [2.24, 2.45) is 4.99 Å². The van der Waals surface area contributed by atoms with Gasteiger partial charge in [0.15, 0.2) is 4.80 Å². The number of aromatic nitrogens is 2. The highest BCUT2D eigenvalue weighted by Gasteiger charge is 2.15. The number of thiophene rings is 1. The van der Waals surface area contributed by atoms with Gasteiger partial charge in [-0.2, -0.15) is 4.99 Å². The molecule has 5 rings (SSSR count). The Morgan fingerprint density at radius 2 is 1.90 bits per heavy atom. The normalized spacial score (nSPS) is 12.1. The van der Waals surface area contributed by atoms with Gasteiger partial charge in [-0.1, -0.05) is 47.7 Å². The van der Waals surface area contributed by atoms with Gasteiger partial charge in [-0.25, -0.2) is 4.98 Å². The van der Waals surface area contributed by atoms with Crippen LogP contribution >= 0.6 is 22.7 Å². The van der Waals surface area contributed by atoms with E-state index in [1.807, 2.05) is 60.0 Å². The van der Waals surface area contributed by atoms with Crippen molar-refractivity contribution in [2.45, 2.75) is 13.5 Å². The highest BCUT2D eigenvalue weighted by molar-refractivity contribution is 7.16. The van der Waals surface area contributed by atoms with Crippen molar-refractivity contribution in [1.29, 1.82) is 0 Å². The van der Waals surface area contributed by atoms with Crippen LogP contribution < -0.4 is 4.80 Å². The number of rotatable bonds is 3. The minimum Gasteiger partial charge on any atom is -0.317 e. The summed E-state index contributed by atoms with van der Waals surface area (Å²) < 4.78 is 3.21. The lowest BCUT2D eigenvalue weighted by Crippen LogP contribution is -2.16. The number of benzene rings is 2. The maximum absolute atomic E-state index is 13.3. The molecule has 5 aromatic rings. The lowest BCUT2D eigenvalue weighted by molar-refractivity contribution is 0.0999. The Kier molecular flexibility index (Phi) is 4.58. The molecule has 6 heteroatoms. The number of hydrogen-bond acceptors (Lipinski definition) is 4. The third-order valence-electron chi connectivity index (χ3n) is 4.82.